The lowest BCUT2D eigenvalue weighted by molar-refractivity contribution is 0.311. The van der Waals surface area contributed by atoms with Crippen LogP contribution in [0.2, 0.25) is 0 Å². The lowest BCUT2D eigenvalue weighted by atomic mass is 10.2. The first kappa shape index (κ1) is 16.4. The molecule has 25 heavy (non-hydrogen) atoms. The van der Waals surface area contributed by atoms with E-state index in [-0.39, 0.29) is 6.61 Å². The van der Waals surface area contributed by atoms with Crippen molar-refractivity contribution in [1.82, 2.24) is 15.0 Å². The van der Waals surface area contributed by atoms with E-state index >= 15 is 0 Å². The molecule has 0 spiro atoms. The number of aliphatic hydroxyl groups is 1. The van der Waals surface area contributed by atoms with E-state index in [2.05, 4.69) is 31.7 Å². The Morgan fingerprint density at radius 2 is 1.88 bits per heavy atom. The summed E-state index contributed by atoms with van der Waals surface area (Å²) in [4.78, 5) is 13.1. The molecule has 3 rings (SSSR count). The van der Waals surface area contributed by atoms with E-state index in [0.717, 1.165) is 0 Å². The van der Waals surface area contributed by atoms with Gasteiger partial charge < -0.3 is 15.7 Å². The molecule has 0 bridgehead atoms. The summed E-state index contributed by atoms with van der Waals surface area (Å²) in [6.07, 6.45) is 1.69. The Morgan fingerprint density at radius 3 is 2.64 bits per heavy atom. The molecule has 7 nitrogen and oxygen atoms in total. The smallest absolute Gasteiger partial charge is 0.225 e. The van der Waals surface area contributed by atoms with Gasteiger partial charge in [0.15, 0.2) is 0 Å². The average Bonchev–Trinajstić information content (AvgIpc) is 2.67. The zero-order chi connectivity index (χ0) is 17.5. The number of aliphatic hydroxyl groups excluding tert-OH is 1. The Labute approximate surface area is 145 Å². The summed E-state index contributed by atoms with van der Waals surface area (Å²) < 4.78 is 0. The van der Waals surface area contributed by atoms with Crippen molar-refractivity contribution in [2.75, 3.05) is 23.8 Å². The summed E-state index contributed by atoms with van der Waals surface area (Å²) in [6.45, 7) is 0.303. The standard InChI is InChI=1S/C18H16N6O/c19-12-13-5-1-2-6-14(13)22-17-11-16(15-7-3-4-8-20-15)23-18(24-17)21-9-10-25/h1-8,11,25H,9-10H2,(H2,21,22,23,24). The molecule has 0 saturated heterocycles. The molecule has 124 valence electrons. The van der Waals surface area contributed by atoms with Crippen LogP contribution in [0.25, 0.3) is 11.4 Å². The largest absolute Gasteiger partial charge is 0.395 e. The number of nitriles is 1. The monoisotopic (exact) mass is 332 g/mol. The Bertz CT molecular complexity index is 892. The summed E-state index contributed by atoms with van der Waals surface area (Å²) in [5.74, 6) is 0.896. The molecule has 3 aromatic rings. The molecule has 0 aliphatic rings. The van der Waals surface area contributed by atoms with Crippen LogP contribution in [-0.2, 0) is 0 Å². The third-order valence-corrected chi connectivity index (χ3v) is 3.36. The van der Waals surface area contributed by atoms with Crippen molar-refractivity contribution in [1.29, 1.82) is 5.26 Å². The highest BCUT2D eigenvalue weighted by atomic mass is 16.3. The fourth-order valence-corrected chi connectivity index (χ4v) is 2.23. The molecule has 1 aromatic carbocycles. The Morgan fingerprint density at radius 1 is 1.04 bits per heavy atom. The molecule has 2 heterocycles. The minimum absolute atomic E-state index is 0.0306. The van der Waals surface area contributed by atoms with E-state index in [1.54, 1.807) is 24.4 Å². The first-order chi connectivity index (χ1) is 12.3. The van der Waals surface area contributed by atoms with Gasteiger partial charge in [0.2, 0.25) is 5.95 Å². The number of hydrogen-bond acceptors (Lipinski definition) is 7. The number of anilines is 3. The maximum absolute atomic E-state index is 9.23. The SMILES string of the molecule is N#Cc1ccccc1Nc1cc(-c2ccccn2)nc(NCCO)n1. The third kappa shape index (κ3) is 4.07. The lowest BCUT2D eigenvalue weighted by Gasteiger charge is -2.11. The zero-order valence-corrected chi connectivity index (χ0v) is 13.3. The van der Waals surface area contributed by atoms with Crippen LogP contribution in [-0.4, -0.2) is 33.2 Å². The maximum atomic E-state index is 9.23. The zero-order valence-electron chi connectivity index (χ0n) is 13.3. The second kappa shape index (κ2) is 7.86. The highest BCUT2D eigenvalue weighted by Crippen LogP contribution is 2.23. The number of nitrogens with zero attached hydrogens (tertiary/aromatic N) is 4. The van der Waals surface area contributed by atoms with Gasteiger partial charge in [0.1, 0.15) is 11.9 Å². The Kier molecular flexibility index (Phi) is 5.14. The van der Waals surface area contributed by atoms with E-state index in [4.69, 9.17) is 5.11 Å². The summed E-state index contributed by atoms with van der Waals surface area (Å²) >= 11 is 0. The molecule has 0 aliphatic carbocycles. The molecule has 0 unspecified atom stereocenters. The molecule has 0 amide bonds. The topological polar surface area (TPSA) is 107 Å². The normalized spacial score (nSPS) is 10.1. The van der Waals surface area contributed by atoms with Crippen molar-refractivity contribution in [3.05, 3.63) is 60.3 Å². The predicted octanol–water partition coefficient (Wildman–Crippen LogP) is 2.56. The van der Waals surface area contributed by atoms with Crippen LogP contribution < -0.4 is 10.6 Å². The minimum atomic E-state index is -0.0306. The number of aromatic nitrogens is 3. The van der Waals surface area contributed by atoms with Gasteiger partial charge in [-0.25, -0.2) is 4.98 Å². The van der Waals surface area contributed by atoms with E-state index in [0.29, 0.717) is 40.9 Å². The van der Waals surface area contributed by atoms with Crippen LogP contribution in [0.5, 0.6) is 0 Å². The fraction of sp³-hybridized carbons (Fsp3) is 0.111. The van der Waals surface area contributed by atoms with E-state index < -0.39 is 0 Å². The van der Waals surface area contributed by atoms with E-state index in [1.807, 2.05) is 30.3 Å². The number of benzene rings is 1. The Hall–Kier alpha value is -3.50. The summed E-state index contributed by atoms with van der Waals surface area (Å²) in [7, 11) is 0. The average molecular weight is 332 g/mol. The molecule has 0 aliphatic heterocycles. The lowest BCUT2D eigenvalue weighted by Crippen LogP contribution is -2.10. The summed E-state index contributed by atoms with van der Waals surface area (Å²) in [5.41, 5.74) is 2.51. The first-order valence-electron chi connectivity index (χ1n) is 7.71. The minimum Gasteiger partial charge on any atom is -0.395 e. The van der Waals surface area contributed by atoms with Crippen molar-refractivity contribution in [3.8, 4) is 17.5 Å². The maximum Gasteiger partial charge on any atom is 0.225 e. The van der Waals surface area contributed by atoms with Crippen molar-refractivity contribution in [3.63, 3.8) is 0 Å². The number of para-hydroxylation sites is 1. The quantitative estimate of drug-likeness (QED) is 0.637. The van der Waals surface area contributed by atoms with Crippen molar-refractivity contribution < 1.29 is 5.11 Å². The molecule has 0 atom stereocenters. The molecule has 0 radical (unpaired) electrons. The van der Waals surface area contributed by atoms with Crippen molar-refractivity contribution in [2.45, 2.75) is 0 Å². The van der Waals surface area contributed by atoms with Gasteiger partial charge in [-0.15, -0.1) is 0 Å². The molecule has 3 N–H and O–H groups in total. The number of pyridine rings is 1. The fourth-order valence-electron chi connectivity index (χ4n) is 2.23. The van der Waals surface area contributed by atoms with Crippen LogP contribution in [0.15, 0.2) is 54.7 Å². The molecular formula is C18H16N6O. The summed E-state index contributed by atoms with van der Waals surface area (Å²) in [6, 6.07) is 16.7. The molecule has 7 heteroatoms. The number of nitrogens with one attached hydrogen (secondary N) is 2. The highest BCUT2D eigenvalue weighted by molar-refractivity contribution is 5.68. The van der Waals surface area contributed by atoms with E-state index in [9.17, 15) is 5.26 Å². The molecule has 2 aromatic heterocycles. The molecule has 0 saturated carbocycles. The first-order valence-corrected chi connectivity index (χ1v) is 7.71. The third-order valence-electron chi connectivity index (χ3n) is 3.36. The van der Waals surface area contributed by atoms with Gasteiger partial charge in [-0.2, -0.15) is 10.2 Å². The van der Waals surface area contributed by atoms with Crippen molar-refractivity contribution in [2.24, 2.45) is 0 Å². The van der Waals surface area contributed by atoms with Gasteiger partial charge >= 0.3 is 0 Å². The van der Waals surface area contributed by atoms with Crippen LogP contribution in [0.1, 0.15) is 5.56 Å². The number of hydrogen-bond donors (Lipinski definition) is 3. The number of rotatable bonds is 6. The van der Waals surface area contributed by atoms with Gasteiger partial charge in [-0.3, -0.25) is 4.98 Å². The second-order valence-electron chi connectivity index (χ2n) is 5.11. The van der Waals surface area contributed by atoms with Gasteiger partial charge in [0.25, 0.3) is 0 Å². The highest BCUT2D eigenvalue weighted by Gasteiger charge is 2.09. The van der Waals surface area contributed by atoms with Gasteiger partial charge in [-0.1, -0.05) is 18.2 Å². The summed E-state index contributed by atoms with van der Waals surface area (Å²) in [5, 5.41) is 24.3. The van der Waals surface area contributed by atoms with Crippen LogP contribution in [0, 0.1) is 11.3 Å². The van der Waals surface area contributed by atoms with Crippen LogP contribution >= 0.6 is 0 Å². The predicted molar refractivity (Wildman–Crippen MR) is 95.3 cm³/mol. The van der Waals surface area contributed by atoms with E-state index in [1.165, 1.54) is 0 Å². The van der Waals surface area contributed by atoms with Crippen LogP contribution in [0.4, 0.5) is 17.5 Å². The van der Waals surface area contributed by atoms with Gasteiger partial charge in [0, 0.05) is 18.8 Å². The molecular weight excluding hydrogens is 316 g/mol. The van der Waals surface area contributed by atoms with Crippen molar-refractivity contribution >= 4 is 17.5 Å². The van der Waals surface area contributed by atoms with Gasteiger partial charge in [-0.05, 0) is 24.3 Å². The second-order valence-corrected chi connectivity index (χ2v) is 5.11. The van der Waals surface area contributed by atoms with Crippen LogP contribution in [0.3, 0.4) is 0 Å². The van der Waals surface area contributed by atoms with Gasteiger partial charge in [0.05, 0.1) is 29.2 Å². The Balaban J connectivity index is 1.99. The molecule has 0 fully saturated rings.